The van der Waals surface area contributed by atoms with Gasteiger partial charge >= 0.3 is 0 Å². The van der Waals surface area contributed by atoms with Crippen LogP contribution in [-0.4, -0.2) is 53.3 Å². The van der Waals surface area contributed by atoms with E-state index in [0.717, 1.165) is 38.4 Å². The number of nitrogens with one attached hydrogen (secondary N) is 1. The van der Waals surface area contributed by atoms with Crippen LogP contribution in [0.25, 0.3) is 0 Å². The highest BCUT2D eigenvalue weighted by Crippen LogP contribution is 2.29. The van der Waals surface area contributed by atoms with Crippen LogP contribution in [0.4, 0.5) is 0 Å². The average molecular weight is 398 g/mol. The fourth-order valence-electron chi connectivity index (χ4n) is 4.64. The minimum atomic E-state index is -0.355. The summed E-state index contributed by atoms with van der Waals surface area (Å²) in [4.78, 5) is 30.3. The average Bonchev–Trinajstić information content (AvgIpc) is 3.55. The molecule has 2 aliphatic heterocycles. The van der Waals surface area contributed by atoms with E-state index in [1.807, 2.05) is 21.9 Å². The largest absolute Gasteiger partial charge is 0.341 e. The number of fused-ring (bicyclic) bond motifs is 1. The molecule has 5 heteroatoms. The monoisotopic (exact) mass is 397 g/mol. The fraction of sp³-hybridized carbons (Fsp3) is 0.667. The standard InChI is InChI=1S/C24H35N3O2/c1-17(2)13-23(28)27-16-20-6-4-3-5-19(20)14-22(27)24(29)26-11-9-21(10-12-26)25-15-18-7-8-18/h3-6,17-18,21-22,25H,7-16H2,1-2H3. The molecule has 4 rings (SSSR count). The van der Waals surface area contributed by atoms with E-state index in [9.17, 15) is 9.59 Å². The normalized spacial score (nSPS) is 22.7. The van der Waals surface area contributed by atoms with E-state index in [1.54, 1.807) is 0 Å². The Morgan fingerprint density at radius 2 is 1.76 bits per heavy atom. The second kappa shape index (κ2) is 8.86. The molecule has 0 radical (unpaired) electrons. The van der Waals surface area contributed by atoms with Gasteiger partial charge < -0.3 is 15.1 Å². The molecular weight excluding hydrogens is 362 g/mol. The van der Waals surface area contributed by atoms with E-state index >= 15 is 0 Å². The van der Waals surface area contributed by atoms with Gasteiger partial charge in [0, 0.05) is 38.5 Å². The van der Waals surface area contributed by atoms with Crippen molar-refractivity contribution in [3.05, 3.63) is 35.4 Å². The molecule has 0 bridgehead atoms. The van der Waals surface area contributed by atoms with Crippen LogP contribution in [0.3, 0.4) is 0 Å². The maximum Gasteiger partial charge on any atom is 0.245 e. The summed E-state index contributed by atoms with van der Waals surface area (Å²) in [6.45, 7) is 7.40. The molecule has 5 nitrogen and oxygen atoms in total. The number of amides is 2. The minimum absolute atomic E-state index is 0.105. The van der Waals surface area contributed by atoms with Crippen molar-refractivity contribution in [1.82, 2.24) is 15.1 Å². The number of carbonyl (C=O) groups is 2. The topological polar surface area (TPSA) is 52.7 Å². The Labute approximate surface area is 174 Å². The van der Waals surface area contributed by atoms with Crippen molar-refractivity contribution >= 4 is 11.8 Å². The highest BCUT2D eigenvalue weighted by molar-refractivity contribution is 5.88. The third kappa shape index (κ3) is 5.00. The van der Waals surface area contributed by atoms with E-state index in [1.165, 1.54) is 24.0 Å². The number of hydrogen-bond donors (Lipinski definition) is 1. The minimum Gasteiger partial charge on any atom is -0.341 e. The van der Waals surface area contributed by atoms with Crippen LogP contribution in [0, 0.1) is 11.8 Å². The molecule has 29 heavy (non-hydrogen) atoms. The van der Waals surface area contributed by atoms with Crippen LogP contribution >= 0.6 is 0 Å². The van der Waals surface area contributed by atoms with Gasteiger partial charge in [0.1, 0.15) is 6.04 Å². The van der Waals surface area contributed by atoms with Crippen molar-refractivity contribution in [2.24, 2.45) is 11.8 Å². The Morgan fingerprint density at radius 3 is 2.41 bits per heavy atom. The maximum absolute atomic E-state index is 13.5. The highest BCUT2D eigenvalue weighted by atomic mass is 16.2. The first-order valence-corrected chi connectivity index (χ1v) is 11.4. The first-order chi connectivity index (χ1) is 14.0. The summed E-state index contributed by atoms with van der Waals surface area (Å²) in [6.07, 6.45) is 5.91. The smallest absolute Gasteiger partial charge is 0.245 e. The lowest BCUT2D eigenvalue weighted by Crippen LogP contribution is -2.56. The van der Waals surface area contributed by atoms with Crippen LogP contribution in [0.2, 0.25) is 0 Å². The summed E-state index contributed by atoms with van der Waals surface area (Å²) >= 11 is 0. The molecular formula is C24H35N3O2. The molecule has 2 fully saturated rings. The fourth-order valence-corrected chi connectivity index (χ4v) is 4.64. The third-order valence-electron chi connectivity index (χ3n) is 6.64. The number of rotatable bonds is 6. The van der Waals surface area contributed by atoms with Crippen LogP contribution in [0.5, 0.6) is 0 Å². The van der Waals surface area contributed by atoms with Crippen LogP contribution < -0.4 is 5.32 Å². The first kappa shape index (κ1) is 20.4. The zero-order chi connectivity index (χ0) is 20.4. The van der Waals surface area contributed by atoms with Gasteiger partial charge in [0.2, 0.25) is 11.8 Å². The molecule has 1 aromatic carbocycles. The van der Waals surface area contributed by atoms with Gasteiger partial charge in [-0.2, -0.15) is 0 Å². The SMILES string of the molecule is CC(C)CC(=O)N1Cc2ccccc2CC1C(=O)N1CCC(NCC2CC2)CC1. The number of benzene rings is 1. The number of hydrogen-bond acceptors (Lipinski definition) is 3. The Kier molecular flexibility index (Phi) is 6.23. The molecule has 2 amide bonds. The Balaban J connectivity index is 1.42. The summed E-state index contributed by atoms with van der Waals surface area (Å²) in [5.74, 6) is 1.42. The van der Waals surface area contributed by atoms with Gasteiger partial charge in [-0.15, -0.1) is 0 Å². The zero-order valence-electron chi connectivity index (χ0n) is 17.9. The van der Waals surface area contributed by atoms with Gasteiger partial charge in [-0.25, -0.2) is 0 Å². The number of piperidine rings is 1. The van der Waals surface area contributed by atoms with E-state index < -0.39 is 0 Å². The summed E-state index contributed by atoms with van der Waals surface area (Å²) < 4.78 is 0. The predicted molar refractivity (Wildman–Crippen MR) is 114 cm³/mol. The Bertz CT molecular complexity index is 735. The molecule has 1 saturated heterocycles. The van der Waals surface area contributed by atoms with Crippen molar-refractivity contribution in [1.29, 1.82) is 0 Å². The third-order valence-corrected chi connectivity index (χ3v) is 6.64. The molecule has 0 aromatic heterocycles. The lowest BCUT2D eigenvalue weighted by atomic mass is 9.91. The van der Waals surface area contributed by atoms with Gasteiger partial charge in [0.05, 0.1) is 0 Å². The Hall–Kier alpha value is -1.88. The van der Waals surface area contributed by atoms with Crippen molar-refractivity contribution in [3.63, 3.8) is 0 Å². The van der Waals surface area contributed by atoms with Crippen LogP contribution in [0.1, 0.15) is 57.1 Å². The lowest BCUT2D eigenvalue weighted by molar-refractivity contribution is -0.148. The number of nitrogens with zero attached hydrogens (tertiary/aromatic N) is 2. The Morgan fingerprint density at radius 1 is 1.07 bits per heavy atom. The second-order valence-electron chi connectivity index (χ2n) is 9.56. The van der Waals surface area contributed by atoms with E-state index in [-0.39, 0.29) is 17.9 Å². The van der Waals surface area contributed by atoms with Crippen molar-refractivity contribution in [3.8, 4) is 0 Å². The molecule has 1 aliphatic carbocycles. The lowest BCUT2D eigenvalue weighted by Gasteiger charge is -2.41. The molecule has 1 unspecified atom stereocenters. The molecule has 1 atom stereocenters. The molecule has 3 aliphatic rings. The number of likely N-dealkylation sites (tertiary alicyclic amines) is 1. The summed E-state index contributed by atoms with van der Waals surface area (Å²) in [6, 6.07) is 8.42. The van der Waals surface area contributed by atoms with E-state index in [2.05, 4.69) is 31.3 Å². The number of carbonyl (C=O) groups excluding carboxylic acids is 2. The highest BCUT2D eigenvalue weighted by Gasteiger charge is 2.37. The van der Waals surface area contributed by atoms with Crippen LogP contribution in [0.15, 0.2) is 24.3 Å². The van der Waals surface area contributed by atoms with E-state index in [4.69, 9.17) is 0 Å². The van der Waals surface area contributed by atoms with Gasteiger partial charge in [0.15, 0.2) is 0 Å². The first-order valence-electron chi connectivity index (χ1n) is 11.4. The van der Waals surface area contributed by atoms with E-state index in [0.29, 0.717) is 31.3 Å². The molecule has 1 N–H and O–H groups in total. The summed E-state index contributed by atoms with van der Waals surface area (Å²) in [5.41, 5.74) is 2.39. The van der Waals surface area contributed by atoms with Crippen LogP contribution in [-0.2, 0) is 22.6 Å². The quantitative estimate of drug-likeness (QED) is 0.803. The predicted octanol–water partition coefficient (Wildman–Crippen LogP) is 2.98. The van der Waals surface area contributed by atoms with Gasteiger partial charge in [-0.3, -0.25) is 9.59 Å². The van der Waals surface area contributed by atoms with Crippen molar-refractivity contribution < 1.29 is 9.59 Å². The summed E-state index contributed by atoms with van der Waals surface area (Å²) in [7, 11) is 0. The van der Waals surface area contributed by atoms with Gasteiger partial charge in [-0.05, 0) is 55.2 Å². The van der Waals surface area contributed by atoms with Crippen molar-refractivity contribution in [2.45, 2.75) is 71.0 Å². The van der Waals surface area contributed by atoms with Gasteiger partial charge in [0.25, 0.3) is 0 Å². The molecule has 1 saturated carbocycles. The summed E-state index contributed by atoms with van der Waals surface area (Å²) in [5, 5.41) is 3.68. The maximum atomic E-state index is 13.5. The molecule has 0 spiro atoms. The molecule has 2 heterocycles. The van der Waals surface area contributed by atoms with Crippen molar-refractivity contribution in [2.75, 3.05) is 19.6 Å². The zero-order valence-corrected chi connectivity index (χ0v) is 17.9. The molecule has 1 aromatic rings. The molecule has 158 valence electrons. The van der Waals surface area contributed by atoms with Gasteiger partial charge in [-0.1, -0.05) is 38.1 Å². The second-order valence-corrected chi connectivity index (χ2v) is 9.56.